The standard InChI is InChI=1S/C41H50N8O7.C2HF3O2/c42-41(43)44-20-10-17-30(38(54)48-32(24-36(51)52)37(53)45-25-28-15-8-3-9-16-28)47-39(55)34-23-29(21-26-11-4-1-5-12-26)33-19-18-31(40(56)49(33)34)46-35(50)22-27-13-6-2-7-14-27;3-2(4,5)1(6)7/h1-9,11-16,29-34H,10,17-25H2,(H,45,53)(H,46,50)(H,47,55)(H,48,54)(H,51,52)(H4,42,43,44);(H,6,7)/t29?,30?,31?,32-,33?,34-;/m0./s1. The van der Waals surface area contributed by atoms with Crippen LogP contribution < -0.4 is 32.7 Å². The van der Waals surface area contributed by atoms with Gasteiger partial charge in [0, 0.05) is 19.1 Å². The normalized spacial score (nSPS) is 18.8. The molecule has 2 heterocycles. The van der Waals surface area contributed by atoms with Gasteiger partial charge >= 0.3 is 18.1 Å². The lowest BCUT2D eigenvalue weighted by Gasteiger charge is -2.39. The molecule has 338 valence electrons. The molecule has 0 aromatic heterocycles. The van der Waals surface area contributed by atoms with Crippen molar-refractivity contribution < 1.29 is 56.9 Å². The molecular formula is C43H51F3N8O9. The molecule has 0 spiro atoms. The quantitative estimate of drug-likeness (QED) is 0.0518. The number of hydrogen-bond donors (Lipinski definition) is 8. The number of fused-ring (bicyclic) bond motifs is 1. The molecule has 3 aromatic carbocycles. The summed E-state index contributed by atoms with van der Waals surface area (Å²) in [6.45, 7) is 0.243. The van der Waals surface area contributed by atoms with Crippen molar-refractivity contribution in [3.05, 3.63) is 108 Å². The molecule has 0 bridgehead atoms. The summed E-state index contributed by atoms with van der Waals surface area (Å²) < 4.78 is 31.7. The molecule has 17 nitrogen and oxygen atoms in total. The molecule has 0 radical (unpaired) electrons. The van der Waals surface area contributed by atoms with Crippen molar-refractivity contribution in [1.29, 1.82) is 0 Å². The number of halogens is 3. The monoisotopic (exact) mass is 880 g/mol. The van der Waals surface area contributed by atoms with Crippen molar-refractivity contribution in [1.82, 2.24) is 26.2 Å². The fourth-order valence-corrected chi connectivity index (χ4v) is 7.48. The Kier molecular flexibility index (Phi) is 18.0. The second kappa shape index (κ2) is 23.3. The van der Waals surface area contributed by atoms with E-state index >= 15 is 0 Å². The van der Waals surface area contributed by atoms with E-state index in [0.717, 1.165) is 16.7 Å². The minimum absolute atomic E-state index is 0.0372. The average molecular weight is 881 g/mol. The zero-order valence-corrected chi connectivity index (χ0v) is 34.1. The molecule has 63 heavy (non-hydrogen) atoms. The van der Waals surface area contributed by atoms with Crippen molar-refractivity contribution in [2.24, 2.45) is 22.4 Å². The van der Waals surface area contributed by atoms with Crippen molar-refractivity contribution >= 4 is 47.4 Å². The Morgan fingerprint density at radius 3 is 1.92 bits per heavy atom. The Hall–Kier alpha value is -6.99. The molecule has 0 saturated carbocycles. The molecular weight excluding hydrogens is 830 g/mol. The number of hydrogen-bond acceptors (Lipinski definition) is 8. The van der Waals surface area contributed by atoms with E-state index < -0.39 is 66.4 Å². The number of nitrogens with one attached hydrogen (secondary N) is 4. The summed E-state index contributed by atoms with van der Waals surface area (Å²) in [7, 11) is 0. The number of amides is 5. The van der Waals surface area contributed by atoms with Gasteiger partial charge in [0.2, 0.25) is 29.5 Å². The van der Waals surface area contributed by atoms with Crippen LogP contribution in [0, 0.1) is 5.92 Å². The van der Waals surface area contributed by atoms with Gasteiger partial charge in [-0.2, -0.15) is 13.2 Å². The van der Waals surface area contributed by atoms with Gasteiger partial charge in [-0.1, -0.05) is 91.0 Å². The van der Waals surface area contributed by atoms with E-state index in [2.05, 4.69) is 26.3 Å². The summed E-state index contributed by atoms with van der Waals surface area (Å²) in [5.74, 6) is -7.06. The fourth-order valence-electron chi connectivity index (χ4n) is 7.48. The first-order valence-electron chi connectivity index (χ1n) is 20.1. The van der Waals surface area contributed by atoms with E-state index in [1.807, 2.05) is 66.7 Å². The summed E-state index contributed by atoms with van der Waals surface area (Å²) in [6, 6.07) is 23.2. The minimum atomic E-state index is -5.08. The Bertz CT molecular complexity index is 2070. The molecule has 2 saturated heterocycles. The van der Waals surface area contributed by atoms with Crippen molar-refractivity contribution in [3.63, 3.8) is 0 Å². The lowest BCUT2D eigenvalue weighted by atomic mass is 9.86. The van der Waals surface area contributed by atoms with Crippen molar-refractivity contribution in [3.8, 4) is 0 Å². The highest BCUT2D eigenvalue weighted by atomic mass is 19.4. The number of rotatable bonds is 18. The SMILES string of the molecule is NC(N)=NCCCC(NC(=O)[C@@H]1CC(Cc2ccccc2)C2CCC(NC(=O)Cc3ccccc3)C(=O)N21)C(=O)N[C@@H](CC(=O)O)C(=O)NCc1ccccc1.O=C(O)C(F)(F)F. The van der Waals surface area contributed by atoms with E-state index in [9.17, 15) is 47.0 Å². The number of nitrogens with two attached hydrogens (primary N) is 2. The number of aliphatic imine (C=N–C) groups is 1. The molecule has 6 atom stereocenters. The largest absolute Gasteiger partial charge is 0.490 e. The molecule has 10 N–H and O–H groups in total. The van der Waals surface area contributed by atoms with Crippen LogP contribution >= 0.6 is 0 Å². The Balaban J connectivity index is 0.00000115. The number of benzene rings is 3. The molecule has 4 unspecified atom stereocenters. The lowest BCUT2D eigenvalue weighted by Crippen LogP contribution is -2.61. The van der Waals surface area contributed by atoms with Crippen LogP contribution in [0.15, 0.2) is 96.0 Å². The van der Waals surface area contributed by atoms with E-state index in [4.69, 9.17) is 21.4 Å². The molecule has 5 amide bonds. The number of aliphatic carboxylic acids is 2. The minimum Gasteiger partial charge on any atom is -0.481 e. The van der Waals surface area contributed by atoms with Gasteiger partial charge in [0.05, 0.1) is 12.8 Å². The summed E-state index contributed by atoms with van der Waals surface area (Å²) in [5, 5.41) is 27.6. The number of guanidine groups is 1. The Labute approximate surface area is 360 Å². The highest BCUT2D eigenvalue weighted by Crippen LogP contribution is 2.39. The van der Waals surface area contributed by atoms with Crippen molar-refractivity contribution in [2.75, 3.05) is 6.54 Å². The second-order valence-corrected chi connectivity index (χ2v) is 15.0. The highest BCUT2D eigenvalue weighted by molar-refractivity contribution is 5.97. The Morgan fingerprint density at radius 1 is 0.794 bits per heavy atom. The number of carboxylic acids is 2. The van der Waals surface area contributed by atoms with Gasteiger partial charge < -0.3 is 47.8 Å². The molecule has 20 heteroatoms. The summed E-state index contributed by atoms with van der Waals surface area (Å²) in [4.78, 5) is 94.8. The van der Waals surface area contributed by atoms with Crippen LogP contribution in [-0.2, 0) is 52.9 Å². The van der Waals surface area contributed by atoms with Crippen LogP contribution in [0.3, 0.4) is 0 Å². The first kappa shape index (κ1) is 48.7. The van der Waals surface area contributed by atoms with Gasteiger partial charge in [-0.3, -0.25) is 33.8 Å². The topological polar surface area (TPSA) is 276 Å². The van der Waals surface area contributed by atoms with Gasteiger partial charge in [0.1, 0.15) is 24.2 Å². The van der Waals surface area contributed by atoms with E-state index in [1.165, 1.54) is 0 Å². The molecule has 2 aliphatic heterocycles. The number of carbonyl (C=O) groups is 7. The molecule has 5 rings (SSSR count). The molecule has 2 aliphatic rings. The maximum absolute atomic E-state index is 14.3. The van der Waals surface area contributed by atoms with Crippen molar-refractivity contribution in [2.45, 2.75) is 94.3 Å². The molecule has 2 fully saturated rings. The van der Waals surface area contributed by atoms with Crippen LogP contribution in [0.1, 0.15) is 55.2 Å². The zero-order chi connectivity index (χ0) is 46.1. The Morgan fingerprint density at radius 2 is 1.37 bits per heavy atom. The number of piperidine rings is 1. The van der Waals surface area contributed by atoms with Crippen LogP contribution in [-0.4, -0.2) is 105 Å². The first-order valence-corrected chi connectivity index (χ1v) is 20.1. The fraction of sp³-hybridized carbons (Fsp3) is 0.395. The number of alkyl halides is 3. The lowest BCUT2D eigenvalue weighted by molar-refractivity contribution is -0.192. The molecule has 3 aromatic rings. The third-order valence-corrected chi connectivity index (χ3v) is 10.4. The predicted octanol–water partition coefficient (Wildman–Crippen LogP) is 1.78. The molecule has 0 aliphatic carbocycles. The smallest absolute Gasteiger partial charge is 0.481 e. The summed E-state index contributed by atoms with van der Waals surface area (Å²) in [6.07, 6.45) is -3.51. The van der Waals surface area contributed by atoms with Crippen LogP contribution in [0.5, 0.6) is 0 Å². The average Bonchev–Trinajstić information content (AvgIpc) is 3.61. The van der Waals surface area contributed by atoms with E-state index in [-0.39, 0.29) is 62.1 Å². The van der Waals surface area contributed by atoms with Gasteiger partial charge in [-0.05, 0) is 61.1 Å². The first-order chi connectivity index (χ1) is 29.9. The van der Waals surface area contributed by atoms with Crippen LogP contribution in [0.2, 0.25) is 0 Å². The van der Waals surface area contributed by atoms with Gasteiger partial charge in [-0.25, -0.2) is 4.79 Å². The zero-order valence-electron chi connectivity index (χ0n) is 34.1. The summed E-state index contributed by atoms with van der Waals surface area (Å²) >= 11 is 0. The van der Waals surface area contributed by atoms with Gasteiger partial charge in [0.25, 0.3) is 0 Å². The summed E-state index contributed by atoms with van der Waals surface area (Å²) in [5.41, 5.74) is 13.6. The number of carbonyl (C=O) groups excluding carboxylic acids is 5. The van der Waals surface area contributed by atoms with E-state index in [1.54, 1.807) is 29.2 Å². The third-order valence-electron chi connectivity index (χ3n) is 10.4. The number of nitrogens with zero attached hydrogens (tertiary/aromatic N) is 2. The maximum atomic E-state index is 14.3. The van der Waals surface area contributed by atoms with Gasteiger partial charge in [-0.15, -0.1) is 0 Å². The second-order valence-electron chi connectivity index (χ2n) is 15.0. The van der Waals surface area contributed by atoms with Gasteiger partial charge in [0.15, 0.2) is 5.96 Å². The maximum Gasteiger partial charge on any atom is 0.490 e. The number of carboxylic acid groups (broad SMARTS) is 2. The third kappa shape index (κ3) is 15.5. The predicted molar refractivity (Wildman–Crippen MR) is 222 cm³/mol. The van der Waals surface area contributed by atoms with E-state index in [0.29, 0.717) is 25.7 Å². The highest BCUT2D eigenvalue weighted by Gasteiger charge is 2.51. The van der Waals surface area contributed by atoms with Crippen LogP contribution in [0.25, 0.3) is 0 Å². The van der Waals surface area contributed by atoms with Crippen LogP contribution in [0.4, 0.5) is 13.2 Å².